The Morgan fingerprint density at radius 2 is 1.29 bits per heavy atom. The van der Waals surface area contributed by atoms with Crippen molar-refractivity contribution in [2.45, 2.75) is 6.42 Å². The number of allylic oxidation sites excluding steroid dienone is 1. The monoisotopic (exact) mass is 334 g/mol. The molecule has 0 amide bonds. The topological polar surface area (TPSA) is 18.5 Å². The number of hydrogen-bond donors (Lipinski definition) is 0. The lowest BCUT2D eigenvalue weighted by Gasteiger charge is -2.03. The van der Waals surface area contributed by atoms with E-state index in [4.69, 9.17) is 9.47 Å². The van der Waals surface area contributed by atoms with E-state index in [0.717, 1.165) is 17.9 Å². The van der Waals surface area contributed by atoms with Gasteiger partial charge >= 0.3 is 0 Å². The highest BCUT2D eigenvalue weighted by Crippen LogP contribution is 2.45. The van der Waals surface area contributed by atoms with Crippen molar-refractivity contribution in [1.82, 2.24) is 0 Å². The molecule has 0 N–H and O–H groups in total. The normalized spacial score (nSPS) is 12.2. The first kappa shape index (κ1) is 15.0. The lowest BCUT2D eigenvalue weighted by molar-refractivity contribution is 0.415. The molecule has 0 aliphatic heterocycles. The number of hydrogen-bond acceptors (Lipinski definition) is 3. The minimum absolute atomic E-state index is 0.887. The van der Waals surface area contributed by atoms with Crippen molar-refractivity contribution < 1.29 is 9.47 Å². The third-order valence-corrected chi connectivity index (χ3v) is 5.70. The molecule has 0 saturated carbocycles. The molecule has 1 aromatic heterocycles. The summed E-state index contributed by atoms with van der Waals surface area (Å²) in [5.41, 5.74) is 5.27. The smallest absolute Gasteiger partial charge is 0.118 e. The molecule has 120 valence electrons. The van der Waals surface area contributed by atoms with Crippen LogP contribution >= 0.6 is 11.3 Å². The van der Waals surface area contributed by atoms with E-state index in [1.165, 1.54) is 32.0 Å². The quantitative estimate of drug-likeness (QED) is 0.612. The van der Waals surface area contributed by atoms with Gasteiger partial charge < -0.3 is 9.47 Å². The first-order valence-electron chi connectivity index (χ1n) is 7.91. The van der Waals surface area contributed by atoms with Gasteiger partial charge in [0.15, 0.2) is 0 Å². The molecule has 24 heavy (non-hydrogen) atoms. The molecule has 0 radical (unpaired) electrons. The van der Waals surface area contributed by atoms with E-state index in [1.807, 2.05) is 35.6 Å². The molecule has 2 nitrogen and oxygen atoms in total. The van der Waals surface area contributed by atoms with Crippen LogP contribution in [0.3, 0.4) is 0 Å². The zero-order chi connectivity index (χ0) is 16.5. The van der Waals surface area contributed by atoms with Crippen molar-refractivity contribution in [3.8, 4) is 32.4 Å². The third-order valence-electron chi connectivity index (χ3n) is 4.36. The molecule has 0 fully saturated rings. The maximum Gasteiger partial charge on any atom is 0.118 e. The largest absolute Gasteiger partial charge is 0.497 e. The molecular weight excluding hydrogens is 316 g/mol. The number of ether oxygens (including phenoxy) is 2. The number of methoxy groups -OCH3 is 2. The fraction of sp³-hybridized carbons (Fsp3) is 0.143. The van der Waals surface area contributed by atoms with Gasteiger partial charge in [-0.2, -0.15) is 0 Å². The van der Waals surface area contributed by atoms with Gasteiger partial charge in [-0.25, -0.2) is 0 Å². The predicted molar refractivity (Wildman–Crippen MR) is 101 cm³/mol. The van der Waals surface area contributed by atoms with E-state index in [1.54, 1.807) is 14.2 Å². The van der Waals surface area contributed by atoms with Crippen molar-refractivity contribution in [1.29, 1.82) is 0 Å². The van der Waals surface area contributed by atoms with Crippen LogP contribution in [0.5, 0.6) is 11.5 Å². The molecule has 3 heteroatoms. The summed E-state index contributed by atoms with van der Waals surface area (Å²) in [6.07, 6.45) is 5.50. The van der Waals surface area contributed by atoms with Gasteiger partial charge in [-0.3, -0.25) is 0 Å². The third kappa shape index (κ3) is 2.51. The van der Waals surface area contributed by atoms with E-state index >= 15 is 0 Å². The molecule has 2 aromatic carbocycles. The van der Waals surface area contributed by atoms with Gasteiger partial charge in [-0.1, -0.05) is 12.2 Å². The van der Waals surface area contributed by atoms with Gasteiger partial charge in [0, 0.05) is 9.75 Å². The van der Waals surface area contributed by atoms with Crippen LogP contribution in [0.15, 0.2) is 54.6 Å². The summed E-state index contributed by atoms with van der Waals surface area (Å²) in [6, 6.07) is 16.6. The predicted octanol–water partition coefficient (Wildman–Crippen LogP) is 5.67. The standard InChI is InChI=1S/C21H18O2S/c1-22-16-10-6-14(7-11-16)20-18-4-3-5-19(18)21(24-20)15-8-12-17(23-2)13-9-15/h3-4,6-13H,5H2,1-2H3. The van der Waals surface area contributed by atoms with Crippen LogP contribution in [-0.2, 0) is 6.42 Å². The van der Waals surface area contributed by atoms with Crippen molar-refractivity contribution in [2.75, 3.05) is 14.2 Å². The zero-order valence-electron chi connectivity index (χ0n) is 13.7. The van der Waals surface area contributed by atoms with Gasteiger partial charge in [-0.15, -0.1) is 11.3 Å². The van der Waals surface area contributed by atoms with Crippen molar-refractivity contribution >= 4 is 17.4 Å². The lowest BCUT2D eigenvalue weighted by atomic mass is 10.0. The van der Waals surface area contributed by atoms with Gasteiger partial charge in [0.05, 0.1) is 14.2 Å². The number of rotatable bonds is 4. The Morgan fingerprint density at radius 3 is 1.83 bits per heavy atom. The van der Waals surface area contributed by atoms with Gasteiger partial charge in [-0.05, 0) is 77.2 Å². The molecule has 1 aliphatic rings. The van der Waals surface area contributed by atoms with E-state index in [0.29, 0.717) is 0 Å². The second kappa shape index (κ2) is 6.17. The highest BCUT2D eigenvalue weighted by Gasteiger charge is 2.20. The molecule has 3 aromatic rings. The zero-order valence-corrected chi connectivity index (χ0v) is 14.5. The van der Waals surface area contributed by atoms with Gasteiger partial charge in [0.25, 0.3) is 0 Å². The Bertz CT molecular complexity index is 887. The first-order valence-corrected chi connectivity index (χ1v) is 8.73. The Hall–Kier alpha value is -2.52. The van der Waals surface area contributed by atoms with Crippen LogP contribution in [0.25, 0.3) is 27.0 Å². The molecule has 0 unspecified atom stereocenters. The van der Waals surface area contributed by atoms with Crippen LogP contribution in [0, 0.1) is 0 Å². The molecule has 1 aliphatic carbocycles. The van der Waals surface area contributed by atoms with Crippen molar-refractivity contribution in [2.24, 2.45) is 0 Å². The van der Waals surface area contributed by atoms with E-state index < -0.39 is 0 Å². The van der Waals surface area contributed by atoms with E-state index in [2.05, 4.69) is 36.4 Å². The summed E-state index contributed by atoms with van der Waals surface area (Å²) < 4.78 is 10.5. The van der Waals surface area contributed by atoms with E-state index in [9.17, 15) is 0 Å². The fourth-order valence-corrected chi connectivity index (χ4v) is 4.41. The molecule has 0 saturated heterocycles. The van der Waals surface area contributed by atoms with Crippen molar-refractivity contribution in [3.63, 3.8) is 0 Å². The summed E-state index contributed by atoms with van der Waals surface area (Å²) in [5.74, 6) is 1.78. The van der Waals surface area contributed by atoms with Crippen LogP contribution in [0.2, 0.25) is 0 Å². The Labute approximate surface area is 146 Å². The highest BCUT2D eigenvalue weighted by molar-refractivity contribution is 7.19. The number of thiophene rings is 1. The van der Waals surface area contributed by atoms with Gasteiger partial charge in [0.1, 0.15) is 11.5 Å². The first-order chi connectivity index (χ1) is 11.8. The van der Waals surface area contributed by atoms with Gasteiger partial charge in [0.2, 0.25) is 0 Å². The van der Waals surface area contributed by atoms with Crippen molar-refractivity contribution in [3.05, 3.63) is 65.7 Å². The second-order valence-electron chi connectivity index (χ2n) is 5.72. The maximum atomic E-state index is 5.27. The lowest BCUT2D eigenvalue weighted by Crippen LogP contribution is -1.84. The summed E-state index contributed by atoms with van der Waals surface area (Å²) in [4.78, 5) is 2.68. The Morgan fingerprint density at radius 1 is 0.750 bits per heavy atom. The minimum Gasteiger partial charge on any atom is -0.497 e. The van der Waals surface area contributed by atoms with Crippen LogP contribution in [0.4, 0.5) is 0 Å². The summed E-state index contributed by atoms with van der Waals surface area (Å²) in [7, 11) is 3.39. The maximum absolute atomic E-state index is 5.27. The summed E-state index contributed by atoms with van der Waals surface area (Å²) in [6.45, 7) is 0. The molecule has 0 atom stereocenters. The molecule has 0 bridgehead atoms. The highest BCUT2D eigenvalue weighted by atomic mass is 32.1. The second-order valence-corrected chi connectivity index (χ2v) is 6.74. The summed E-state index contributed by atoms with van der Waals surface area (Å²) >= 11 is 1.86. The molecule has 0 spiro atoms. The molecular formula is C21H18O2S. The van der Waals surface area contributed by atoms with E-state index in [-0.39, 0.29) is 0 Å². The number of benzene rings is 2. The molecule has 4 rings (SSSR count). The average Bonchev–Trinajstić information content (AvgIpc) is 3.24. The van der Waals surface area contributed by atoms with Crippen LogP contribution < -0.4 is 9.47 Å². The fourth-order valence-electron chi connectivity index (χ4n) is 3.08. The molecule has 1 heterocycles. The summed E-state index contributed by atoms with van der Waals surface area (Å²) in [5, 5.41) is 0. The Balaban J connectivity index is 1.80. The minimum atomic E-state index is 0.887. The van der Waals surface area contributed by atoms with Crippen LogP contribution in [0.1, 0.15) is 11.1 Å². The number of fused-ring (bicyclic) bond motifs is 1. The Kier molecular flexibility index (Phi) is 3.87. The van der Waals surface area contributed by atoms with Crippen LogP contribution in [-0.4, -0.2) is 14.2 Å². The SMILES string of the molecule is COc1ccc(-c2sc(-c3ccc(OC)cc3)c3c2C=CC3)cc1. The average molecular weight is 334 g/mol.